The minimum Gasteiger partial charge on any atom is -0.379 e. The molecule has 0 unspecified atom stereocenters. The third-order valence-corrected chi connectivity index (χ3v) is 3.32. The lowest BCUT2D eigenvalue weighted by Gasteiger charge is -2.12. The van der Waals surface area contributed by atoms with Crippen LogP contribution in [0, 0.1) is 12.7 Å². The number of aryl methyl sites for hydroxylation is 1. The first-order valence-electron chi connectivity index (χ1n) is 6.06. The zero-order valence-electron chi connectivity index (χ0n) is 10.9. The summed E-state index contributed by atoms with van der Waals surface area (Å²) < 4.78 is 13.7. The van der Waals surface area contributed by atoms with Crippen LogP contribution in [0.15, 0.2) is 36.4 Å². The molecule has 0 fully saturated rings. The fraction of sp³-hybridized carbons (Fsp3) is 0.133. The predicted molar refractivity (Wildman–Crippen MR) is 78.4 cm³/mol. The first-order valence-corrected chi connectivity index (χ1v) is 6.44. The van der Waals surface area contributed by atoms with Crippen molar-refractivity contribution < 1.29 is 9.18 Å². The van der Waals surface area contributed by atoms with Crippen molar-refractivity contribution in [2.75, 3.05) is 5.32 Å². The molecule has 0 spiro atoms. The standard InChI is InChI=1S/C15H14ClFN2O/c1-9-3-2-4-12(16)14(9)19-8-11-7-10(15(18)20)5-6-13(11)17/h2-7,19H,8H2,1H3,(H2,18,20). The summed E-state index contributed by atoms with van der Waals surface area (Å²) >= 11 is 6.09. The van der Waals surface area contributed by atoms with Crippen molar-refractivity contribution in [2.45, 2.75) is 13.5 Å². The van der Waals surface area contributed by atoms with E-state index in [1.165, 1.54) is 18.2 Å². The van der Waals surface area contributed by atoms with Crippen molar-refractivity contribution in [3.63, 3.8) is 0 Å². The molecule has 0 saturated heterocycles. The van der Waals surface area contributed by atoms with E-state index in [0.29, 0.717) is 10.6 Å². The highest BCUT2D eigenvalue weighted by molar-refractivity contribution is 6.33. The number of nitrogens with two attached hydrogens (primary N) is 1. The Labute approximate surface area is 121 Å². The van der Waals surface area contributed by atoms with Crippen LogP contribution < -0.4 is 11.1 Å². The number of amides is 1. The number of halogens is 2. The maximum atomic E-state index is 13.7. The lowest BCUT2D eigenvalue weighted by atomic mass is 10.1. The van der Waals surface area contributed by atoms with Crippen molar-refractivity contribution in [1.82, 2.24) is 0 Å². The van der Waals surface area contributed by atoms with Gasteiger partial charge in [-0.05, 0) is 36.8 Å². The molecule has 0 heterocycles. The SMILES string of the molecule is Cc1cccc(Cl)c1NCc1cc(C(N)=O)ccc1F. The van der Waals surface area contributed by atoms with E-state index in [2.05, 4.69) is 5.32 Å². The van der Waals surface area contributed by atoms with Crippen LogP contribution in [0.25, 0.3) is 0 Å². The number of hydrogen-bond donors (Lipinski definition) is 2. The Hall–Kier alpha value is -2.07. The first-order chi connectivity index (χ1) is 9.49. The van der Waals surface area contributed by atoms with Gasteiger partial charge in [-0.2, -0.15) is 0 Å². The number of primary amides is 1. The van der Waals surface area contributed by atoms with E-state index in [0.717, 1.165) is 11.3 Å². The number of nitrogens with one attached hydrogen (secondary N) is 1. The fourth-order valence-corrected chi connectivity index (χ4v) is 2.19. The van der Waals surface area contributed by atoms with Gasteiger partial charge in [0.15, 0.2) is 0 Å². The van der Waals surface area contributed by atoms with E-state index in [-0.39, 0.29) is 12.1 Å². The molecule has 5 heteroatoms. The monoisotopic (exact) mass is 292 g/mol. The molecule has 0 aromatic heterocycles. The van der Waals surface area contributed by atoms with Gasteiger partial charge in [-0.3, -0.25) is 4.79 Å². The summed E-state index contributed by atoms with van der Waals surface area (Å²) in [5.41, 5.74) is 7.53. The van der Waals surface area contributed by atoms with Crippen molar-refractivity contribution in [2.24, 2.45) is 5.73 Å². The van der Waals surface area contributed by atoms with Crippen LogP contribution in [0.5, 0.6) is 0 Å². The summed E-state index contributed by atoms with van der Waals surface area (Å²) in [5, 5.41) is 3.65. The molecule has 1 amide bonds. The highest BCUT2D eigenvalue weighted by Crippen LogP contribution is 2.26. The Kier molecular flexibility index (Phi) is 4.25. The van der Waals surface area contributed by atoms with Gasteiger partial charge in [0.25, 0.3) is 0 Å². The molecule has 0 atom stereocenters. The molecule has 0 aliphatic heterocycles. The number of hydrogen-bond acceptors (Lipinski definition) is 2. The average Bonchev–Trinajstić information content (AvgIpc) is 2.39. The van der Waals surface area contributed by atoms with Crippen LogP contribution in [0.2, 0.25) is 5.02 Å². The number of carbonyl (C=O) groups is 1. The molecule has 104 valence electrons. The van der Waals surface area contributed by atoms with Gasteiger partial charge in [0.05, 0.1) is 10.7 Å². The minimum absolute atomic E-state index is 0.220. The molecule has 3 nitrogen and oxygen atoms in total. The van der Waals surface area contributed by atoms with Crippen LogP contribution in [0.1, 0.15) is 21.5 Å². The average molecular weight is 293 g/mol. The lowest BCUT2D eigenvalue weighted by molar-refractivity contribution is 0.1000. The highest BCUT2D eigenvalue weighted by Gasteiger charge is 2.09. The molecule has 20 heavy (non-hydrogen) atoms. The minimum atomic E-state index is -0.583. The number of para-hydroxylation sites is 1. The Morgan fingerprint density at radius 2 is 2.10 bits per heavy atom. The largest absolute Gasteiger partial charge is 0.379 e. The maximum absolute atomic E-state index is 13.7. The summed E-state index contributed by atoms with van der Waals surface area (Å²) in [7, 11) is 0. The second kappa shape index (κ2) is 5.92. The predicted octanol–water partition coefficient (Wildman–Crippen LogP) is 3.50. The Balaban J connectivity index is 2.23. The lowest BCUT2D eigenvalue weighted by Crippen LogP contribution is -2.12. The van der Waals surface area contributed by atoms with E-state index in [9.17, 15) is 9.18 Å². The van der Waals surface area contributed by atoms with Gasteiger partial charge < -0.3 is 11.1 Å². The van der Waals surface area contributed by atoms with Gasteiger partial charge in [-0.15, -0.1) is 0 Å². The first kappa shape index (κ1) is 14.3. The Bertz CT molecular complexity index is 638. The van der Waals surface area contributed by atoms with Crippen LogP contribution in [0.4, 0.5) is 10.1 Å². The second-order valence-electron chi connectivity index (χ2n) is 4.46. The summed E-state index contributed by atoms with van der Waals surface area (Å²) in [6, 6.07) is 9.55. The summed E-state index contributed by atoms with van der Waals surface area (Å²) in [5.74, 6) is -0.979. The molecule has 2 aromatic carbocycles. The van der Waals surface area contributed by atoms with Gasteiger partial charge in [-0.25, -0.2) is 4.39 Å². The molecule has 0 aliphatic carbocycles. The van der Waals surface area contributed by atoms with Crippen molar-refractivity contribution in [1.29, 1.82) is 0 Å². The Morgan fingerprint density at radius 1 is 1.35 bits per heavy atom. The van der Waals surface area contributed by atoms with Crippen molar-refractivity contribution in [3.05, 3.63) is 63.9 Å². The second-order valence-corrected chi connectivity index (χ2v) is 4.86. The maximum Gasteiger partial charge on any atom is 0.248 e. The summed E-state index contributed by atoms with van der Waals surface area (Å²) in [6.07, 6.45) is 0. The van der Waals surface area contributed by atoms with E-state index in [4.69, 9.17) is 17.3 Å². The molecular formula is C15H14ClFN2O. The Morgan fingerprint density at radius 3 is 2.75 bits per heavy atom. The zero-order chi connectivity index (χ0) is 14.7. The topological polar surface area (TPSA) is 55.1 Å². The fourth-order valence-electron chi connectivity index (χ4n) is 1.90. The van der Waals surface area contributed by atoms with E-state index in [1.807, 2.05) is 19.1 Å². The van der Waals surface area contributed by atoms with Gasteiger partial charge in [0.1, 0.15) is 5.82 Å². The molecule has 2 aromatic rings. The van der Waals surface area contributed by atoms with Crippen LogP contribution in [-0.4, -0.2) is 5.91 Å². The van der Waals surface area contributed by atoms with Gasteiger partial charge in [-0.1, -0.05) is 23.7 Å². The number of benzene rings is 2. The number of anilines is 1. The third-order valence-electron chi connectivity index (χ3n) is 3.01. The van der Waals surface area contributed by atoms with Gasteiger partial charge >= 0.3 is 0 Å². The van der Waals surface area contributed by atoms with Crippen LogP contribution >= 0.6 is 11.6 Å². The summed E-state index contributed by atoms with van der Waals surface area (Å²) in [4.78, 5) is 11.1. The molecule has 2 rings (SSSR count). The van der Waals surface area contributed by atoms with Crippen molar-refractivity contribution >= 4 is 23.2 Å². The van der Waals surface area contributed by atoms with Gasteiger partial charge in [0, 0.05) is 17.7 Å². The number of rotatable bonds is 4. The highest BCUT2D eigenvalue weighted by atomic mass is 35.5. The molecular weight excluding hydrogens is 279 g/mol. The van der Waals surface area contributed by atoms with E-state index >= 15 is 0 Å². The molecule has 0 saturated carbocycles. The molecule has 3 N–H and O–H groups in total. The summed E-state index contributed by atoms with van der Waals surface area (Å²) in [6.45, 7) is 2.13. The quantitative estimate of drug-likeness (QED) is 0.906. The smallest absolute Gasteiger partial charge is 0.248 e. The molecule has 0 bridgehead atoms. The van der Waals surface area contributed by atoms with Crippen LogP contribution in [-0.2, 0) is 6.54 Å². The number of carbonyl (C=O) groups excluding carboxylic acids is 1. The molecule has 0 radical (unpaired) electrons. The van der Waals surface area contributed by atoms with Crippen LogP contribution in [0.3, 0.4) is 0 Å². The molecule has 0 aliphatic rings. The normalized spacial score (nSPS) is 10.3. The van der Waals surface area contributed by atoms with E-state index in [1.54, 1.807) is 6.07 Å². The zero-order valence-corrected chi connectivity index (χ0v) is 11.7. The van der Waals surface area contributed by atoms with Crippen molar-refractivity contribution in [3.8, 4) is 0 Å². The van der Waals surface area contributed by atoms with E-state index < -0.39 is 11.7 Å². The van der Waals surface area contributed by atoms with Gasteiger partial charge in [0.2, 0.25) is 5.91 Å². The third kappa shape index (κ3) is 3.08.